The van der Waals surface area contributed by atoms with E-state index in [0.717, 1.165) is 25.1 Å². The summed E-state index contributed by atoms with van der Waals surface area (Å²) in [4.78, 5) is 0. The monoisotopic (exact) mass is 182 g/mol. The van der Waals surface area contributed by atoms with Crippen LogP contribution in [-0.2, 0) is 0 Å². The van der Waals surface area contributed by atoms with Crippen LogP contribution in [0.2, 0.25) is 0 Å². The van der Waals surface area contributed by atoms with Gasteiger partial charge in [0.2, 0.25) is 0 Å². The average molecular weight is 183 g/mol. The smallest absolute Gasteiger partial charge is 0.0333 e. The van der Waals surface area contributed by atoms with E-state index >= 15 is 0 Å². The summed E-state index contributed by atoms with van der Waals surface area (Å²) in [7, 11) is 0. The highest BCUT2D eigenvalue weighted by atomic mass is 35.5. The van der Waals surface area contributed by atoms with Crippen molar-refractivity contribution in [3.8, 4) is 0 Å². The molecule has 10 heavy (non-hydrogen) atoms. The quantitative estimate of drug-likeness (QED) is 0.434. The molecule has 1 atom stereocenters. The van der Waals surface area contributed by atoms with Crippen molar-refractivity contribution >= 4 is 23.2 Å². The number of alkyl halides is 2. The van der Waals surface area contributed by atoms with Crippen LogP contribution in [-0.4, -0.2) is 11.3 Å². The molecule has 0 N–H and O–H groups in total. The number of hydrogen-bond acceptors (Lipinski definition) is 0. The van der Waals surface area contributed by atoms with E-state index in [-0.39, 0.29) is 0 Å². The van der Waals surface area contributed by atoms with Crippen LogP contribution >= 0.6 is 23.2 Å². The normalized spacial score (nSPS) is 13.5. The van der Waals surface area contributed by atoms with Gasteiger partial charge in [-0.05, 0) is 19.3 Å². The van der Waals surface area contributed by atoms with Crippen molar-refractivity contribution in [1.29, 1.82) is 0 Å². The Labute approximate surface area is 73.9 Å². The predicted octanol–water partition coefficient (Wildman–Crippen LogP) is 3.80. The minimum atomic E-state index is 0.385. The second kappa shape index (κ2) is 7.68. The number of hydrogen-bond donors (Lipinski definition) is 0. The molecule has 0 nitrogen and oxygen atoms in total. The molecule has 1 unspecified atom stereocenters. The van der Waals surface area contributed by atoms with Crippen molar-refractivity contribution in [2.75, 3.05) is 5.88 Å². The van der Waals surface area contributed by atoms with Gasteiger partial charge in [0.25, 0.3) is 0 Å². The summed E-state index contributed by atoms with van der Waals surface area (Å²) in [5.74, 6) is 0.791. The Balaban J connectivity index is 2.89. The third-order valence-electron chi connectivity index (χ3n) is 1.59. The number of unbranched alkanes of at least 4 members (excludes halogenated alkanes) is 2. The molecule has 0 amide bonds. The summed E-state index contributed by atoms with van der Waals surface area (Å²) in [6.45, 7) is 2.12. The van der Waals surface area contributed by atoms with Crippen LogP contribution in [0.25, 0.3) is 0 Å². The molecule has 0 aliphatic rings. The van der Waals surface area contributed by atoms with Gasteiger partial charge < -0.3 is 0 Å². The molecule has 0 aliphatic carbocycles. The zero-order chi connectivity index (χ0) is 7.82. The van der Waals surface area contributed by atoms with Crippen LogP contribution in [0, 0.1) is 0 Å². The van der Waals surface area contributed by atoms with E-state index < -0.39 is 0 Å². The Bertz CT molecular complexity index is 64.3. The fraction of sp³-hybridized carbons (Fsp3) is 1.00. The SMILES string of the molecule is CCC(Cl)CCCCCCl. The molecule has 0 bridgehead atoms. The summed E-state index contributed by atoms with van der Waals surface area (Å²) in [5.41, 5.74) is 0. The first-order chi connectivity index (χ1) is 4.81. The molecular formula is C8H16Cl2. The molecule has 0 aromatic heterocycles. The molecule has 2 heteroatoms. The van der Waals surface area contributed by atoms with E-state index in [2.05, 4.69) is 6.92 Å². The van der Waals surface area contributed by atoms with Gasteiger partial charge in [0.1, 0.15) is 0 Å². The standard InChI is InChI=1S/C8H16Cl2/c1-2-8(10)6-4-3-5-7-9/h8H,2-7H2,1H3. The van der Waals surface area contributed by atoms with E-state index in [4.69, 9.17) is 23.2 Å². The lowest BCUT2D eigenvalue weighted by molar-refractivity contribution is 0.632. The number of rotatable bonds is 6. The summed E-state index contributed by atoms with van der Waals surface area (Å²) >= 11 is 11.4. The fourth-order valence-corrected chi connectivity index (χ4v) is 1.18. The third kappa shape index (κ3) is 6.70. The largest absolute Gasteiger partial charge is 0.127 e. The molecule has 0 heterocycles. The van der Waals surface area contributed by atoms with Gasteiger partial charge in [-0.1, -0.05) is 19.8 Å². The first-order valence-corrected chi connectivity index (χ1v) is 4.98. The summed E-state index contributed by atoms with van der Waals surface area (Å²) in [6.07, 6.45) is 5.83. The molecule has 0 saturated carbocycles. The Morgan fingerprint density at radius 3 is 2.40 bits per heavy atom. The van der Waals surface area contributed by atoms with E-state index in [0.29, 0.717) is 5.38 Å². The van der Waals surface area contributed by atoms with Crippen LogP contribution in [0.5, 0.6) is 0 Å². The summed E-state index contributed by atoms with van der Waals surface area (Å²) < 4.78 is 0. The van der Waals surface area contributed by atoms with Crippen LogP contribution in [0.1, 0.15) is 39.0 Å². The van der Waals surface area contributed by atoms with Gasteiger partial charge in [-0.2, -0.15) is 0 Å². The Morgan fingerprint density at radius 2 is 1.90 bits per heavy atom. The van der Waals surface area contributed by atoms with E-state index in [1.807, 2.05) is 0 Å². The minimum absolute atomic E-state index is 0.385. The minimum Gasteiger partial charge on any atom is -0.127 e. The Hall–Kier alpha value is 0.580. The predicted molar refractivity (Wildman–Crippen MR) is 49.1 cm³/mol. The molecule has 0 aromatic rings. The van der Waals surface area contributed by atoms with Gasteiger partial charge in [-0.25, -0.2) is 0 Å². The second-order valence-corrected chi connectivity index (χ2v) is 3.54. The molecular weight excluding hydrogens is 167 g/mol. The fourth-order valence-electron chi connectivity index (χ4n) is 0.841. The van der Waals surface area contributed by atoms with E-state index in [9.17, 15) is 0 Å². The van der Waals surface area contributed by atoms with Crippen molar-refractivity contribution in [3.63, 3.8) is 0 Å². The van der Waals surface area contributed by atoms with E-state index in [1.54, 1.807) is 0 Å². The second-order valence-electron chi connectivity index (χ2n) is 2.54. The van der Waals surface area contributed by atoms with Gasteiger partial charge in [0.05, 0.1) is 0 Å². The highest BCUT2D eigenvalue weighted by molar-refractivity contribution is 6.20. The molecule has 0 aromatic carbocycles. The first-order valence-electron chi connectivity index (χ1n) is 4.01. The lowest BCUT2D eigenvalue weighted by Crippen LogP contribution is -1.94. The lowest BCUT2D eigenvalue weighted by atomic mass is 10.1. The third-order valence-corrected chi connectivity index (χ3v) is 2.39. The van der Waals surface area contributed by atoms with Gasteiger partial charge in [-0.15, -0.1) is 23.2 Å². The average Bonchev–Trinajstić information content (AvgIpc) is 1.98. The zero-order valence-corrected chi connectivity index (χ0v) is 8.09. The number of halogens is 2. The van der Waals surface area contributed by atoms with Crippen molar-refractivity contribution in [3.05, 3.63) is 0 Å². The molecule has 0 radical (unpaired) electrons. The molecule has 0 spiro atoms. The van der Waals surface area contributed by atoms with Crippen LogP contribution in [0.15, 0.2) is 0 Å². The maximum Gasteiger partial charge on any atom is 0.0333 e. The highest BCUT2D eigenvalue weighted by Gasteiger charge is 1.99. The Kier molecular flexibility index (Phi) is 8.13. The Morgan fingerprint density at radius 1 is 1.20 bits per heavy atom. The summed E-state index contributed by atoms with van der Waals surface area (Å²) in [6, 6.07) is 0. The maximum atomic E-state index is 5.91. The zero-order valence-electron chi connectivity index (χ0n) is 6.58. The molecule has 0 saturated heterocycles. The molecule has 0 fully saturated rings. The maximum absolute atomic E-state index is 5.91. The van der Waals surface area contributed by atoms with Gasteiger partial charge in [-0.3, -0.25) is 0 Å². The van der Waals surface area contributed by atoms with Gasteiger partial charge in [0.15, 0.2) is 0 Å². The molecule has 0 aliphatic heterocycles. The summed E-state index contributed by atoms with van der Waals surface area (Å²) in [5, 5.41) is 0.385. The highest BCUT2D eigenvalue weighted by Crippen LogP contribution is 2.11. The van der Waals surface area contributed by atoms with Crippen molar-refractivity contribution < 1.29 is 0 Å². The molecule has 0 rings (SSSR count). The van der Waals surface area contributed by atoms with Crippen molar-refractivity contribution in [2.45, 2.75) is 44.4 Å². The van der Waals surface area contributed by atoms with Crippen molar-refractivity contribution in [1.82, 2.24) is 0 Å². The van der Waals surface area contributed by atoms with E-state index in [1.165, 1.54) is 12.8 Å². The lowest BCUT2D eigenvalue weighted by Gasteiger charge is -2.03. The van der Waals surface area contributed by atoms with Crippen LogP contribution in [0.4, 0.5) is 0 Å². The van der Waals surface area contributed by atoms with Gasteiger partial charge in [0, 0.05) is 11.3 Å². The van der Waals surface area contributed by atoms with Crippen LogP contribution in [0.3, 0.4) is 0 Å². The molecule has 62 valence electrons. The van der Waals surface area contributed by atoms with Crippen LogP contribution < -0.4 is 0 Å². The van der Waals surface area contributed by atoms with Crippen molar-refractivity contribution in [2.24, 2.45) is 0 Å². The first kappa shape index (κ1) is 10.6. The topological polar surface area (TPSA) is 0 Å². The van der Waals surface area contributed by atoms with Gasteiger partial charge >= 0.3 is 0 Å².